The number of piperazine rings is 1. The average Bonchev–Trinajstić information content (AvgIpc) is 3.31. The van der Waals surface area contributed by atoms with Crippen LogP contribution in [0.2, 0.25) is 0 Å². The molecular weight excluding hydrogens is 545 g/mol. The monoisotopic (exact) mass is 575 g/mol. The number of nitrogens with zero attached hydrogens (tertiary/aromatic N) is 5. The molecule has 38 heavy (non-hydrogen) atoms. The van der Waals surface area contributed by atoms with Gasteiger partial charge in [0, 0.05) is 42.9 Å². The summed E-state index contributed by atoms with van der Waals surface area (Å²) < 4.78 is 17.5. The summed E-state index contributed by atoms with van der Waals surface area (Å²) in [7, 11) is 0. The lowest BCUT2D eigenvalue weighted by atomic mass is 9.96. The van der Waals surface area contributed by atoms with Crippen LogP contribution in [0.25, 0.3) is 16.7 Å². The quantitative estimate of drug-likeness (QED) is 0.316. The summed E-state index contributed by atoms with van der Waals surface area (Å²) in [6.07, 6.45) is 1.90. The topological polar surface area (TPSA) is 44.6 Å². The number of para-hydroxylation sites is 3. The molecule has 196 valence electrons. The van der Waals surface area contributed by atoms with Crippen LogP contribution < -0.4 is 4.90 Å². The smallest absolute Gasteiger partial charge is 0.227 e. The van der Waals surface area contributed by atoms with E-state index in [0.29, 0.717) is 38.4 Å². The van der Waals surface area contributed by atoms with Gasteiger partial charge in [-0.05, 0) is 67.9 Å². The number of likely N-dealkylation sites (tertiary alicyclic amines) is 1. The Balaban J connectivity index is 1.14. The van der Waals surface area contributed by atoms with Crippen molar-refractivity contribution in [2.75, 3.05) is 44.2 Å². The van der Waals surface area contributed by atoms with Gasteiger partial charge in [0.05, 0.1) is 29.2 Å². The predicted octanol–water partition coefficient (Wildman–Crippen LogP) is 5.49. The zero-order valence-corrected chi connectivity index (χ0v) is 22.9. The highest BCUT2D eigenvalue weighted by Crippen LogP contribution is 2.27. The first-order chi connectivity index (χ1) is 18.6. The molecule has 8 heteroatoms. The van der Waals surface area contributed by atoms with E-state index < -0.39 is 0 Å². The molecule has 0 radical (unpaired) electrons. The van der Waals surface area contributed by atoms with Crippen LogP contribution in [0.4, 0.5) is 10.1 Å². The van der Waals surface area contributed by atoms with Gasteiger partial charge in [-0.1, -0.05) is 40.2 Å². The molecule has 2 saturated heterocycles. The van der Waals surface area contributed by atoms with E-state index in [1.807, 2.05) is 34.1 Å². The van der Waals surface area contributed by atoms with Crippen LogP contribution in [0.15, 0.2) is 77.3 Å². The van der Waals surface area contributed by atoms with Crippen LogP contribution in [0, 0.1) is 11.7 Å². The van der Waals surface area contributed by atoms with Gasteiger partial charge >= 0.3 is 0 Å². The highest BCUT2D eigenvalue weighted by molar-refractivity contribution is 9.10. The first-order valence-corrected chi connectivity index (χ1v) is 14.1. The van der Waals surface area contributed by atoms with Crippen molar-refractivity contribution in [2.24, 2.45) is 5.92 Å². The number of anilines is 1. The summed E-state index contributed by atoms with van der Waals surface area (Å²) in [5.74, 6) is 0.989. The molecule has 1 amide bonds. The molecule has 2 fully saturated rings. The van der Waals surface area contributed by atoms with Crippen molar-refractivity contribution in [3.63, 3.8) is 0 Å². The van der Waals surface area contributed by atoms with Crippen LogP contribution in [0.1, 0.15) is 18.7 Å². The number of rotatable bonds is 5. The van der Waals surface area contributed by atoms with Gasteiger partial charge < -0.3 is 9.80 Å². The molecule has 2 aliphatic heterocycles. The highest BCUT2D eigenvalue weighted by atomic mass is 79.9. The number of imidazole rings is 1. The second kappa shape index (κ2) is 10.9. The minimum atomic E-state index is -0.204. The van der Waals surface area contributed by atoms with Crippen molar-refractivity contribution in [2.45, 2.75) is 19.4 Å². The molecule has 0 bridgehead atoms. The summed E-state index contributed by atoms with van der Waals surface area (Å²) >= 11 is 3.54. The second-order valence-electron chi connectivity index (χ2n) is 10.2. The maximum atomic E-state index is 14.2. The van der Waals surface area contributed by atoms with E-state index in [9.17, 15) is 9.18 Å². The SMILES string of the molecule is O=C([C@H]1CCCN(Cc2nc3ccccc3n2-c2ccc(Br)cc2)C1)N1CCN(c2ccccc2F)CC1. The summed E-state index contributed by atoms with van der Waals surface area (Å²) in [6, 6.07) is 23.4. The van der Waals surface area contributed by atoms with Crippen LogP contribution in [-0.2, 0) is 11.3 Å². The van der Waals surface area contributed by atoms with Gasteiger partial charge in [-0.25, -0.2) is 9.37 Å². The molecule has 6 nitrogen and oxygen atoms in total. The Morgan fingerprint density at radius 2 is 1.66 bits per heavy atom. The Bertz CT molecular complexity index is 1430. The molecule has 0 saturated carbocycles. The molecule has 6 rings (SSSR count). The van der Waals surface area contributed by atoms with E-state index in [2.05, 4.69) is 61.8 Å². The van der Waals surface area contributed by atoms with Gasteiger partial charge in [0.1, 0.15) is 11.6 Å². The zero-order chi connectivity index (χ0) is 26.1. The van der Waals surface area contributed by atoms with Crippen LogP contribution in [0.5, 0.6) is 0 Å². The molecule has 1 atom stereocenters. The Labute approximate surface area is 230 Å². The van der Waals surface area contributed by atoms with Gasteiger partial charge in [-0.2, -0.15) is 0 Å². The van der Waals surface area contributed by atoms with Crippen molar-refractivity contribution < 1.29 is 9.18 Å². The average molecular weight is 577 g/mol. The van der Waals surface area contributed by atoms with Crippen LogP contribution in [0.3, 0.4) is 0 Å². The van der Waals surface area contributed by atoms with E-state index in [4.69, 9.17) is 4.98 Å². The molecule has 4 aromatic rings. The summed E-state index contributed by atoms with van der Waals surface area (Å²) in [4.78, 5) is 24.9. The number of fused-ring (bicyclic) bond motifs is 1. The summed E-state index contributed by atoms with van der Waals surface area (Å²) in [5, 5.41) is 0. The number of halogens is 2. The summed E-state index contributed by atoms with van der Waals surface area (Å²) in [5.41, 5.74) is 3.76. The van der Waals surface area contributed by atoms with Crippen molar-refractivity contribution in [1.29, 1.82) is 0 Å². The largest absolute Gasteiger partial charge is 0.366 e. The number of carbonyl (C=O) groups excluding carboxylic acids is 1. The number of amides is 1. The Morgan fingerprint density at radius 1 is 0.921 bits per heavy atom. The van der Waals surface area contributed by atoms with E-state index in [0.717, 1.165) is 52.9 Å². The Morgan fingerprint density at radius 3 is 2.45 bits per heavy atom. The van der Waals surface area contributed by atoms with Gasteiger partial charge in [0.2, 0.25) is 5.91 Å². The number of carbonyl (C=O) groups is 1. The zero-order valence-electron chi connectivity index (χ0n) is 21.3. The second-order valence-corrected chi connectivity index (χ2v) is 11.1. The molecule has 0 unspecified atom stereocenters. The molecule has 2 aliphatic rings. The maximum Gasteiger partial charge on any atom is 0.227 e. The lowest BCUT2D eigenvalue weighted by Gasteiger charge is -2.39. The first kappa shape index (κ1) is 25.1. The molecule has 0 N–H and O–H groups in total. The van der Waals surface area contributed by atoms with Gasteiger partial charge in [0.15, 0.2) is 0 Å². The summed E-state index contributed by atoms with van der Waals surface area (Å²) in [6.45, 7) is 4.94. The van der Waals surface area contributed by atoms with E-state index in [1.54, 1.807) is 6.07 Å². The number of piperidine rings is 1. The molecule has 3 aromatic carbocycles. The van der Waals surface area contributed by atoms with E-state index in [1.165, 1.54) is 6.07 Å². The minimum Gasteiger partial charge on any atom is -0.366 e. The minimum absolute atomic E-state index is 0.0192. The number of hydrogen-bond acceptors (Lipinski definition) is 4. The Kier molecular flexibility index (Phi) is 7.17. The molecule has 3 heterocycles. The molecule has 0 spiro atoms. The van der Waals surface area contributed by atoms with E-state index in [-0.39, 0.29) is 17.6 Å². The fourth-order valence-corrected chi connectivity index (χ4v) is 6.06. The third kappa shape index (κ3) is 5.07. The number of aromatic nitrogens is 2. The molecular formula is C30H31BrFN5O. The normalized spacial score (nSPS) is 18.7. The standard InChI is InChI=1S/C30H31BrFN5O/c31-23-11-13-24(14-12-23)37-28-10-4-2-8-26(28)33-29(37)21-34-15-5-6-22(20-34)30(38)36-18-16-35(17-19-36)27-9-3-1-7-25(27)32/h1-4,7-14,22H,5-6,15-21H2/t22-/m0/s1. The highest BCUT2D eigenvalue weighted by Gasteiger charge is 2.32. The van der Waals surface area contributed by atoms with Crippen molar-refractivity contribution in [3.8, 4) is 5.69 Å². The Hall–Kier alpha value is -3.23. The van der Waals surface area contributed by atoms with Crippen LogP contribution in [-0.4, -0.2) is 64.5 Å². The lowest BCUT2D eigenvalue weighted by molar-refractivity contribution is -0.137. The van der Waals surface area contributed by atoms with Crippen molar-refractivity contribution >= 4 is 38.6 Å². The molecule has 1 aromatic heterocycles. The van der Waals surface area contributed by atoms with Gasteiger partial charge in [-0.3, -0.25) is 14.3 Å². The number of benzene rings is 3. The van der Waals surface area contributed by atoms with E-state index >= 15 is 0 Å². The number of hydrogen-bond donors (Lipinski definition) is 0. The van der Waals surface area contributed by atoms with Crippen LogP contribution >= 0.6 is 15.9 Å². The van der Waals surface area contributed by atoms with Crippen molar-refractivity contribution in [1.82, 2.24) is 19.4 Å². The fraction of sp³-hybridized carbons (Fsp3) is 0.333. The third-order valence-electron chi connectivity index (χ3n) is 7.72. The third-order valence-corrected chi connectivity index (χ3v) is 8.25. The van der Waals surface area contributed by atoms with Gasteiger partial charge in [0.25, 0.3) is 0 Å². The predicted molar refractivity (Wildman–Crippen MR) is 152 cm³/mol. The van der Waals surface area contributed by atoms with Crippen molar-refractivity contribution in [3.05, 3.63) is 88.9 Å². The lowest BCUT2D eigenvalue weighted by Crippen LogP contribution is -2.52. The van der Waals surface area contributed by atoms with Gasteiger partial charge in [-0.15, -0.1) is 0 Å². The maximum absolute atomic E-state index is 14.2. The fourth-order valence-electron chi connectivity index (χ4n) is 5.80. The first-order valence-electron chi connectivity index (χ1n) is 13.3. The molecule has 0 aliphatic carbocycles.